The fourth-order valence-electron chi connectivity index (χ4n) is 3.53. The van der Waals surface area contributed by atoms with Gasteiger partial charge in [0.05, 0.1) is 6.61 Å². The summed E-state index contributed by atoms with van der Waals surface area (Å²) in [6.45, 7) is 8.36. The Hall–Kier alpha value is -1.85. The van der Waals surface area contributed by atoms with E-state index in [1.165, 1.54) is 55.4 Å². The van der Waals surface area contributed by atoms with Crippen LogP contribution in [0.25, 0.3) is 0 Å². The number of aliphatic hydroxyl groups excluding tert-OH is 2. The Bertz CT molecular complexity index is 769. The lowest BCUT2D eigenvalue weighted by Gasteiger charge is -2.51. The molecule has 0 radical (unpaired) electrons. The third-order valence-electron chi connectivity index (χ3n) is 5.47. The molecule has 10 nitrogen and oxygen atoms in total. The summed E-state index contributed by atoms with van der Waals surface area (Å²) >= 11 is 0. The van der Waals surface area contributed by atoms with E-state index in [0.29, 0.717) is 0 Å². The Labute approximate surface area is 187 Å². The second-order valence-electron chi connectivity index (χ2n) is 9.29. The molecular formula is C22H36O10. The third kappa shape index (κ3) is 4.47. The van der Waals surface area contributed by atoms with Crippen LogP contribution in [0.2, 0.25) is 0 Å². The highest BCUT2D eigenvalue weighted by atomic mass is 16.4. The molecule has 0 aromatic carbocycles. The number of aliphatic hydroxyl groups is 5. The van der Waals surface area contributed by atoms with Gasteiger partial charge in [0.15, 0.2) is 23.0 Å². The molecule has 0 aliphatic heterocycles. The van der Waals surface area contributed by atoms with E-state index in [4.69, 9.17) is 0 Å². The molecule has 0 rings (SSSR count). The van der Waals surface area contributed by atoms with Gasteiger partial charge < -0.3 is 25.5 Å². The summed E-state index contributed by atoms with van der Waals surface area (Å²) in [6.07, 6.45) is -2.60. The molecule has 5 N–H and O–H groups in total. The van der Waals surface area contributed by atoms with Crippen LogP contribution in [0.15, 0.2) is 0 Å². The highest BCUT2D eigenvalue weighted by Crippen LogP contribution is 2.43. The van der Waals surface area contributed by atoms with Crippen molar-refractivity contribution in [2.45, 2.75) is 78.3 Å². The van der Waals surface area contributed by atoms with Crippen LogP contribution in [0, 0.1) is 23.7 Å². The lowest BCUT2D eigenvalue weighted by atomic mass is 9.57. The van der Waals surface area contributed by atoms with Gasteiger partial charge in [0.2, 0.25) is 22.8 Å². The lowest BCUT2D eigenvalue weighted by molar-refractivity contribution is -0.251. The zero-order chi connectivity index (χ0) is 26.0. The van der Waals surface area contributed by atoms with Gasteiger partial charge in [0, 0.05) is 23.7 Å². The van der Waals surface area contributed by atoms with Crippen LogP contribution >= 0.6 is 0 Å². The van der Waals surface area contributed by atoms with Crippen molar-refractivity contribution < 1.29 is 49.5 Å². The minimum Gasteiger partial charge on any atom is -0.394 e. The summed E-state index contributed by atoms with van der Waals surface area (Å²) < 4.78 is 0. The van der Waals surface area contributed by atoms with Crippen molar-refractivity contribution in [2.75, 3.05) is 6.61 Å². The summed E-state index contributed by atoms with van der Waals surface area (Å²) in [5.74, 6) is -12.6. The van der Waals surface area contributed by atoms with Gasteiger partial charge in [0.1, 0.15) is 6.10 Å². The summed E-state index contributed by atoms with van der Waals surface area (Å²) in [7, 11) is 0. The minimum absolute atomic E-state index is 1.09. The average molecular weight is 461 g/mol. The number of ketones is 5. The Kier molecular flexibility index (Phi) is 9.79. The normalized spacial score (nSPS) is 18.8. The number of hydrogen-bond donors (Lipinski definition) is 5. The fourth-order valence-corrected chi connectivity index (χ4v) is 3.53. The predicted molar refractivity (Wildman–Crippen MR) is 112 cm³/mol. The number of rotatable bonds is 13. The van der Waals surface area contributed by atoms with Crippen LogP contribution in [0.3, 0.4) is 0 Å². The highest BCUT2D eigenvalue weighted by molar-refractivity contribution is 6.47. The van der Waals surface area contributed by atoms with Crippen LogP contribution < -0.4 is 0 Å². The summed E-state index contributed by atoms with van der Waals surface area (Å²) in [5.41, 5.74) is -11.6. The van der Waals surface area contributed by atoms with Crippen molar-refractivity contribution in [1.82, 2.24) is 0 Å². The number of carbonyl (C=O) groups is 5. The van der Waals surface area contributed by atoms with E-state index >= 15 is 0 Å². The van der Waals surface area contributed by atoms with E-state index < -0.39 is 82.1 Å². The first-order chi connectivity index (χ1) is 14.3. The molecule has 0 saturated heterocycles. The molecule has 0 heterocycles. The van der Waals surface area contributed by atoms with Gasteiger partial charge in [-0.2, -0.15) is 0 Å². The fraction of sp³-hybridized carbons (Fsp3) is 0.773. The number of Topliss-reactive ketones (excluding diaryl/α,β-unsaturated/α-hetero) is 5. The molecule has 0 spiro atoms. The molecule has 4 atom stereocenters. The molecule has 0 bridgehead atoms. The van der Waals surface area contributed by atoms with Crippen LogP contribution in [0.4, 0.5) is 0 Å². The zero-order valence-electron chi connectivity index (χ0n) is 19.9. The SMILES string of the molecule is CC(C)C(=O)C(=O)[C@@](O)(C(=O)C(C)C)[C@](O)(C(=O)C(C)C)[C@@](O)(C(=O)C(C)C)[C@H](O)CO. The first-order valence-corrected chi connectivity index (χ1v) is 10.5. The molecule has 184 valence electrons. The van der Waals surface area contributed by atoms with Crippen LogP contribution in [0.5, 0.6) is 0 Å². The van der Waals surface area contributed by atoms with Crippen molar-refractivity contribution in [3.8, 4) is 0 Å². The van der Waals surface area contributed by atoms with Crippen LogP contribution in [0.1, 0.15) is 55.4 Å². The highest BCUT2D eigenvalue weighted by Gasteiger charge is 2.77. The van der Waals surface area contributed by atoms with Crippen LogP contribution in [-0.4, -0.2) is 84.0 Å². The smallest absolute Gasteiger partial charge is 0.241 e. The maximum atomic E-state index is 13.3. The quantitative estimate of drug-likeness (QED) is 0.169. The maximum absolute atomic E-state index is 13.3. The largest absolute Gasteiger partial charge is 0.394 e. The van der Waals surface area contributed by atoms with Gasteiger partial charge in [-0.05, 0) is 0 Å². The van der Waals surface area contributed by atoms with Gasteiger partial charge in [0.25, 0.3) is 0 Å². The molecule has 0 aromatic heterocycles. The maximum Gasteiger partial charge on any atom is 0.241 e. The lowest BCUT2D eigenvalue weighted by Crippen LogP contribution is -2.83. The van der Waals surface area contributed by atoms with Gasteiger partial charge >= 0.3 is 0 Å². The van der Waals surface area contributed by atoms with Crippen LogP contribution in [-0.2, 0) is 24.0 Å². The Morgan fingerprint density at radius 1 is 0.656 bits per heavy atom. The Balaban J connectivity index is 7.87. The molecule has 0 saturated carbocycles. The minimum atomic E-state index is -4.00. The Morgan fingerprint density at radius 3 is 1.31 bits per heavy atom. The van der Waals surface area contributed by atoms with Gasteiger partial charge in [-0.3, -0.25) is 24.0 Å². The van der Waals surface area contributed by atoms with Crippen molar-refractivity contribution in [3.63, 3.8) is 0 Å². The monoisotopic (exact) mass is 460 g/mol. The zero-order valence-corrected chi connectivity index (χ0v) is 19.9. The molecule has 0 amide bonds. The third-order valence-corrected chi connectivity index (χ3v) is 5.47. The summed E-state index contributed by atoms with van der Waals surface area (Å²) in [5, 5.41) is 54.5. The van der Waals surface area contributed by atoms with E-state index in [1.807, 2.05) is 0 Å². The van der Waals surface area contributed by atoms with E-state index in [-0.39, 0.29) is 0 Å². The average Bonchev–Trinajstić information content (AvgIpc) is 2.73. The van der Waals surface area contributed by atoms with Crippen molar-refractivity contribution >= 4 is 28.9 Å². The number of hydrogen-bond acceptors (Lipinski definition) is 10. The first kappa shape index (κ1) is 30.1. The van der Waals surface area contributed by atoms with Crippen molar-refractivity contribution in [3.05, 3.63) is 0 Å². The van der Waals surface area contributed by atoms with E-state index in [0.717, 1.165) is 0 Å². The molecule has 0 unspecified atom stereocenters. The molecule has 10 heteroatoms. The molecular weight excluding hydrogens is 424 g/mol. The standard InChI is InChI=1S/C22H36O10/c1-10(2)15(25)19(29)21(31,17(27)12(5)6)22(32,18(28)13(7)8)20(30,14(24)9-23)16(26)11(3)4/h10-14,23-24,30-32H,9H2,1-8H3/t14-,20+,21+,22+/m1/s1. The second-order valence-corrected chi connectivity index (χ2v) is 9.29. The van der Waals surface area contributed by atoms with Gasteiger partial charge in [-0.25, -0.2) is 0 Å². The molecule has 0 aromatic rings. The van der Waals surface area contributed by atoms with E-state index in [9.17, 15) is 49.5 Å². The first-order valence-electron chi connectivity index (χ1n) is 10.5. The predicted octanol–water partition coefficient (Wildman–Crippen LogP) is -0.998. The summed E-state index contributed by atoms with van der Waals surface area (Å²) in [6, 6.07) is 0. The molecule has 0 fully saturated rings. The molecule has 0 aliphatic carbocycles. The second kappa shape index (κ2) is 10.4. The van der Waals surface area contributed by atoms with Gasteiger partial charge in [-0.1, -0.05) is 55.4 Å². The Morgan fingerprint density at radius 2 is 1.03 bits per heavy atom. The topological polar surface area (TPSA) is 186 Å². The van der Waals surface area contributed by atoms with Crippen molar-refractivity contribution in [1.29, 1.82) is 0 Å². The number of carbonyl (C=O) groups excluding carboxylic acids is 5. The van der Waals surface area contributed by atoms with Gasteiger partial charge in [-0.15, -0.1) is 0 Å². The summed E-state index contributed by atoms with van der Waals surface area (Å²) in [4.78, 5) is 65.2. The molecule has 32 heavy (non-hydrogen) atoms. The van der Waals surface area contributed by atoms with E-state index in [1.54, 1.807) is 0 Å². The van der Waals surface area contributed by atoms with E-state index in [2.05, 4.69) is 0 Å². The van der Waals surface area contributed by atoms with Crippen molar-refractivity contribution in [2.24, 2.45) is 23.7 Å². The molecule has 0 aliphatic rings.